The van der Waals surface area contributed by atoms with Crippen LogP contribution in [0.4, 0.5) is 0 Å². The summed E-state index contributed by atoms with van der Waals surface area (Å²) in [5, 5.41) is 0. The molecule has 0 aliphatic carbocycles. The van der Waals surface area contributed by atoms with Crippen LogP contribution in [0.1, 0.15) is 78.6 Å². The van der Waals surface area contributed by atoms with Crippen LogP contribution in [0.3, 0.4) is 0 Å². The molecule has 0 saturated carbocycles. The maximum Gasteiger partial charge on any atom is 0.193 e. The average Bonchev–Trinajstić information content (AvgIpc) is 2.25. The summed E-state index contributed by atoms with van der Waals surface area (Å²) in [5.41, 5.74) is 0. The summed E-state index contributed by atoms with van der Waals surface area (Å²) in [6.45, 7) is 6.69. The minimum absolute atomic E-state index is 0.219. The molecule has 0 N–H and O–H groups in total. The summed E-state index contributed by atoms with van der Waals surface area (Å²) in [5.74, 6) is 0.903. The highest BCUT2D eigenvalue weighted by Gasteiger charge is 2.31. The van der Waals surface area contributed by atoms with Crippen LogP contribution in [-0.4, -0.2) is 3.79 Å². The third-order valence-corrected chi connectivity index (χ3v) is 4.39. The molecule has 0 aliphatic rings. The molecule has 0 radical (unpaired) electrons. The van der Waals surface area contributed by atoms with E-state index in [1.807, 2.05) is 0 Å². The summed E-state index contributed by atoms with van der Waals surface area (Å²) in [7, 11) is 0. The Bertz CT molecular complexity index is 185. The molecular weight excluding hydrogens is 287 g/mol. The van der Waals surface area contributed by atoms with Gasteiger partial charge in [0.25, 0.3) is 0 Å². The molecule has 0 amide bonds. The van der Waals surface area contributed by atoms with Gasteiger partial charge in [-0.15, -0.1) is 0 Å². The van der Waals surface area contributed by atoms with E-state index < -0.39 is 3.79 Å². The molecule has 1 atom stereocenters. The van der Waals surface area contributed by atoms with Crippen molar-refractivity contribution in [2.24, 2.45) is 11.8 Å². The SMILES string of the molecule is CCCCCCCCC(CCC(C)C)C(Cl)(Cl)Cl. The molecule has 1 unspecified atom stereocenters. The average molecular weight is 316 g/mol. The Labute approximate surface area is 129 Å². The molecule has 0 saturated heterocycles. The molecule has 0 aliphatic heterocycles. The second kappa shape index (κ2) is 10.6. The molecule has 0 rings (SSSR count). The van der Waals surface area contributed by atoms with E-state index in [-0.39, 0.29) is 5.92 Å². The fraction of sp³-hybridized carbons (Fsp3) is 1.00. The van der Waals surface area contributed by atoms with Gasteiger partial charge >= 0.3 is 0 Å². The monoisotopic (exact) mass is 314 g/mol. The third-order valence-electron chi connectivity index (χ3n) is 3.46. The van der Waals surface area contributed by atoms with Gasteiger partial charge in [-0.1, -0.05) is 101 Å². The summed E-state index contributed by atoms with van der Waals surface area (Å²) in [6.07, 6.45) is 11.0. The minimum atomic E-state index is -1.09. The van der Waals surface area contributed by atoms with Gasteiger partial charge in [-0.2, -0.15) is 0 Å². The zero-order chi connectivity index (χ0) is 14.0. The highest BCUT2D eigenvalue weighted by Crippen LogP contribution is 2.41. The summed E-state index contributed by atoms with van der Waals surface area (Å²) >= 11 is 18.2. The second-order valence-electron chi connectivity index (χ2n) is 5.77. The van der Waals surface area contributed by atoms with Crippen LogP contribution in [0, 0.1) is 11.8 Å². The number of halogens is 3. The zero-order valence-electron chi connectivity index (χ0n) is 12.2. The van der Waals surface area contributed by atoms with E-state index in [0.717, 1.165) is 19.3 Å². The van der Waals surface area contributed by atoms with Crippen LogP contribution in [0.15, 0.2) is 0 Å². The minimum Gasteiger partial charge on any atom is -0.0834 e. The Morgan fingerprint density at radius 2 is 1.33 bits per heavy atom. The van der Waals surface area contributed by atoms with Crippen molar-refractivity contribution in [2.75, 3.05) is 0 Å². The van der Waals surface area contributed by atoms with E-state index in [1.54, 1.807) is 0 Å². The van der Waals surface area contributed by atoms with E-state index in [2.05, 4.69) is 20.8 Å². The van der Waals surface area contributed by atoms with Crippen molar-refractivity contribution in [2.45, 2.75) is 82.4 Å². The lowest BCUT2D eigenvalue weighted by Gasteiger charge is -2.25. The quantitative estimate of drug-likeness (QED) is 0.296. The molecule has 18 heavy (non-hydrogen) atoms. The van der Waals surface area contributed by atoms with Gasteiger partial charge in [0, 0.05) is 5.92 Å². The predicted molar refractivity (Wildman–Crippen MR) is 85.8 cm³/mol. The van der Waals surface area contributed by atoms with Gasteiger partial charge in [0.1, 0.15) is 0 Å². The first kappa shape index (κ1) is 18.9. The first-order chi connectivity index (χ1) is 8.38. The van der Waals surface area contributed by atoms with Crippen molar-refractivity contribution < 1.29 is 0 Å². The van der Waals surface area contributed by atoms with E-state index in [1.165, 1.54) is 38.5 Å². The third kappa shape index (κ3) is 10.8. The van der Waals surface area contributed by atoms with Crippen molar-refractivity contribution in [3.05, 3.63) is 0 Å². The Hall–Kier alpha value is 0.870. The van der Waals surface area contributed by atoms with Gasteiger partial charge in [0.2, 0.25) is 0 Å². The molecule has 0 aromatic carbocycles. The maximum absolute atomic E-state index is 6.08. The van der Waals surface area contributed by atoms with Crippen molar-refractivity contribution in [3.8, 4) is 0 Å². The van der Waals surface area contributed by atoms with Crippen LogP contribution >= 0.6 is 34.8 Å². The van der Waals surface area contributed by atoms with Crippen molar-refractivity contribution in [3.63, 3.8) is 0 Å². The smallest absolute Gasteiger partial charge is 0.0834 e. The van der Waals surface area contributed by atoms with E-state index in [9.17, 15) is 0 Å². The Balaban J connectivity index is 3.81. The van der Waals surface area contributed by atoms with E-state index in [4.69, 9.17) is 34.8 Å². The number of unbranched alkanes of at least 4 members (excludes halogenated alkanes) is 5. The highest BCUT2D eigenvalue weighted by molar-refractivity contribution is 6.67. The van der Waals surface area contributed by atoms with Crippen molar-refractivity contribution >= 4 is 34.8 Å². The first-order valence-corrected chi connectivity index (χ1v) is 8.58. The lowest BCUT2D eigenvalue weighted by Crippen LogP contribution is -2.20. The molecule has 0 heterocycles. The number of hydrogen-bond acceptors (Lipinski definition) is 0. The van der Waals surface area contributed by atoms with Gasteiger partial charge in [-0.3, -0.25) is 0 Å². The number of hydrogen-bond donors (Lipinski definition) is 0. The van der Waals surface area contributed by atoms with Gasteiger partial charge in [0.05, 0.1) is 0 Å². The van der Waals surface area contributed by atoms with E-state index >= 15 is 0 Å². The lowest BCUT2D eigenvalue weighted by atomic mass is 9.93. The van der Waals surface area contributed by atoms with Crippen molar-refractivity contribution in [1.82, 2.24) is 0 Å². The number of alkyl halides is 3. The largest absolute Gasteiger partial charge is 0.193 e. The fourth-order valence-electron chi connectivity index (χ4n) is 2.18. The van der Waals surface area contributed by atoms with Crippen LogP contribution in [0.25, 0.3) is 0 Å². The van der Waals surface area contributed by atoms with Gasteiger partial charge in [-0.25, -0.2) is 0 Å². The van der Waals surface area contributed by atoms with Crippen LogP contribution in [-0.2, 0) is 0 Å². The topological polar surface area (TPSA) is 0 Å². The fourth-order valence-corrected chi connectivity index (χ4v) is 2.83. The van der Waals surface area contributed by atoms with Gasteiger partial charge in [-0.05, 0) is 18.8 Å². The normalized spacial score (nSPS) is 14.2. The Kier molecular flexibility index (Phi) is 11.1. The van der Waals surface area contributed by atoms with Gasteiger partial charge in [0.15, 0.2) is 3.79 Å². The van der Waals surface area contributed by atoms with Crippen LogP contribution in [0.5, 0.6) is 0 Å². The summed E-state index contributed by atoms with van der Waals surface area (Å²) in [6, 6.07) is 0. The first-order valence-electron chi connectivity index (χ1n) is 7.44. The lowest BCUT2D eigenvalue weighted by molar-refractivity contribution is 0.389. The molecule has 0 fully saturated rings. The molecule has 0 aromatic rings. The predicted octanol–water partition coefficient (Wildman–Crippen LogP) is 7.16. The highest BCUT2D eigenvalue weighted by atomic mass is 35.6. The number of rotatable bonds is 10. The molecule has 0 aromatic heterocycles. The molecular formula is C15H29Cl3. The van der Waals surface area contributed by atoms with Crippen LogP contribution in [0.2, 0.25) is 0 Å². The molecule has 0 bridgehead atoms. The molecule has 3 heteroatoms. The second-order valence-corrected chi connectivity index (χ2v) is 8.14. The molecule has 110 valence electrons. The van der Waals surface area contributed by atoms with Crippen LogP contribution < -0.4 is 0 Å². The van der Waals surface area contributed by atoms with E-state index in [0.29, 0.717) is 5.92 Å². The Morgan fingerprint density at radius 1 is 0.778 bits per heavy atom. The standard InChI is InChI=1S/C15H29Cl3/c1-4-5-6-7-8-9-10-14(15(16,17)18)12-11-13(2)3/h13-14H,4-12H2,1-3H3. The Morgan fingerprint density at radius 3 is 1.83 bits per heavy atom. The maximum atomic E-state index is 6.08. The zero-order valence-corrected chi connectivity index (χ0v) is 14.4. The molecule has 0 spiro atoms. The summed E-state index contributed by atoms with van der Waals surface area (Å²) < 4.78 is -1.09. The summed E-state index contributed by atoms with van der Waals surface area (Å²) in [4.78, 5) is 0. The van der Waals surface area contributed by atoms with Crippen molar-refractivity contribution in [1.29, 1.82) is 0 Å². The molecule has 0 nitrogen and oxygen atoms in total. The van der Waals surface area contributed by atoms with Gasteiger partial charge < -0.3 is 0 Å².